The molecule has 0 radical (unpaired) electrons. The fourth-order valence-electron chi connectivity index (χ4n) is 2.39. The van der Waals surface area contributed by atoms with E-state index in [-0.39, 0.29) is 0 Å². The largest absolute Gasteiger partial charge is 0.257 e. The fraction of sp³-hybridized carbons (Fsp3) is 0.500. The third-order valence-corrected chi connectivity index (χ3v) is 3.95. The first-order chi connectivity index (χ1) is 7.90. The summed E-state index contributed by atoms with van der Waals surface area (Å²) in [4.78, 5) is 4.36. The highest BCUT2D eigenvalue weighted by Crippen LogP contribution is 2.31. The lowest BCUT2D eigenvalue weighted by Crippen LogP contribution is -2.10. The molecule has 16 heavy (non-hydrogen) atoms. The highest BCUT2D eigenvalue weighted by atomic mass is 79.9. The van der Waals surface area contributed by atoms with Gasteiger partial charge in [-0.25, -0.2) is 0 Å². The normalized spacial score (nSPS) is 18.7. The van der Waals surface area contributed by atoms with Gasteiger partial charge in [-0.1, -0.05) is 46.8 Å². The number of allylic oxidation sites excluding steroid dienone is 1. The summed E-state index contributed by atoms with van der Waals surface area (Å²) < 4.78 is 0. The van der Waals surface area contributed by atoms with E-state index < -0.39 is 0 Å². The molecule has 1 aromatic heterocycles. The standard InChI is InChI=1S/C14H18BrN/c15-11-13(12-6-2-1-3-7-12)10-14-8-4-5-9-16-14/h4-5,8-10,12H,1-3,6-7,11H2. The molecule has 1 aromatic rings. The molecule has 0 bridgehead atoms. The lowest BCUT2D eigenvalue weighted by molar-refractivity contribution is 0.405. The topological polar surface area (TPSA) is 12.9 Å². The van der Waals surface area contributed by atoms with Gasteiger partial charge in [-0.15, -0.1) is 0 Å². The zero-order valence-corrected chi connectivity index (χ0v) is 11.1. The molecule has 1 aliphatic carbocycles. The minimum Gasteiger partial charge on any atom is -0.257 e. The van der Waals surface area contributed by atoms with E-state index in [0.29, 0.717) is 0 Å². The summed E-state index contributed by atoms with van der Waals surface area (Å²) in [5.41, 5.74) is 2.60. The van der Waals surface area contributed by atoms with Crippen LogP contribution in [-0.4, -0.2) is 10.3 Å². The molecule has 1 heterocycles. The number of alkyl halides is 1. The average molecular weight is 280 g/mol. The summed E-state index contributed by atoms with van der Waals surface area (Å²) in [5, 5.41) is 0.980. The lowest BCUT2D eigenvalue weighted by atomic mass is 9.84. The Morgan fingerprint density at radius 1 is 1.31 bits per heavy atom. The van der Waals surface area contributed by atoms with E-state index in [2.05, 4.69) is 33.1 Å². The van der Waals surface area contributed by atoms with E-state index in [1.54, 1.807) is 0 Å². The van der Waals surface area contributed by atoms with Crippen LogP contribution in [0, 0.1) is 5.92 Å². The number of pyridine rings is 1. The minimum atomic E-state index is 0.773. The molecule has 0 aromatic carbocycles. The highest BCUT2D eigenvalue weighted by Gasteiger charge is 2.16. The van der Waals surface area contributed by atoms with Crippen molar-refractivity contribution in [3.63, 3.8) is 0 Å². The molecule has 1 nitrogen and oxygen atoms in total. The van der Waals surface area contributed by atoms with Crippen molar-refractivity contribution in [2.24, 2.45) is 5.92 Å². The zero-order valence-electron chi connectivity index (χ0n) is 9.53. The number of nitrogens with zero attached hydrogens (tertiary/aromatic N) is 1. The second kappa shape index (κ2) is 6.19. The van der Waals surface area contributed by atoms with E-state index in [1.807, 2.05) is 18.3 Å². The van der Waals surface area contributed by atoms with Gasteiger partial charge in [0.1, 0.15) is 0 Å². The highest BCUT2D eigenvalue weighted by molar-refractivity contribution is 9.09. The quantitative estimate of drug-likeness (QED) is 0.746. The molecule has 0 aliphatic heterocycles. The van der Waals surface area contributed by atoms with Crippen LogP contribution in [0.2, 0.25) is 0 Å². The number of rotatable bonds is 3. The SMILES string of the molecule is BrCC(=Cc1ccccn1)C1CCCCC1. The predicted molar refractivity (Wildman–Crippen MR) is 72.6 cm³/mol. The van der Waals surface area contributed by atoms with Gasteiger partial charge in [0.2, 0.25) is 0 Å². The molecule has 86 valence electrons. The Balaban J connectivity index is 2.12. The zero-order chi connectivity index (χ0) is 11.2. The van der Waals surface area contributed by atoms with Gasteiger partial charge in [0.25, 0.3) is 0 Å². The molecule has 1 aliphatic rings. The predicted octanol–water partition coefficient (Wildman–Crippen LogP) is 4.44. The first kappa shape index (κ1) is 11.8. The maximum absolute atomic E-state index is 4.36. The Morgan fingerprint density at radius 3 is 2.75 bits per heavy atom. The van der Waals surface area contributed by atoms with E-state index in [0.717, 1.165) is 16.9 Å². The number of aromatic nitrogens is 1. The van der Waals surface area contributed by atoms with Crippen molar-refractivity contribution >= 4 is 22.0 Å². The molecule has 1 fully saturated rings. The molecule has 0 atom stereocenters. The van der Waals surface area contributed by atoms with Gasteiger partial charge in [-0.05, 0) is 37.0 Å². The van der Waals surface area contributed by atoms with Crippen LogP contribution in [0.5, 0.6) is 0 Å². The number of hydrogen-bond acceptors (Lipinski definition) is 1. The first-order valence-corrected chi connectivity index (χ1v) is 7.20. The molecule has 0 amide bonds. The lowest BCUT2D eigenvalue weighted by Gasteiger charge is -2.23. The summed E-state index contributed by atoms with van der Waals surface area (Å²) in [7, 11) is 0. The summed E-state index contributed by atoms with van der Waals surface area (Å²) in [5.74, 6) is 0.773. The van der Waals surface area contributed by atoms with Gasteiger partial charge >= 0.3 is 0 Å². The van der Waals surface area contributed by atoms with Crippen LogP contribution in [0.3, 0.4) is 0 Å². The van der Waals surface area contributed by atoms with E-state index >= 15 is 0 Å². The van der Waals surface area contributed by atoms with Gasteiger partial charge in [0, 0.05) is 11.5 Å². The Kier molecular flexibility index (Phi) is 4.58. The third-order valence-electron chi connectivity index (χ3n) is 3.30. The molecule has 0 saturated heterocycles. The molecular weight excluding hydrogens is 262 g/mol. The van der Waals surface area contributed by atoms with Gasteiger partial charge < -0.3 is 0 Å². The summed E-state index contributed by atoms with van der Waals surface area (Å²) in [6, 6.07) is 6.09. The van der Waals surface area contributed by atoms with Gasteiger partial charge in [0.05, 0.1) is 5.69 Å². The third kappa shape index (κ3) is 3.18. The summed E-state index contributed by atoms with van der Waals surface area (Å²) >= 11 is 3.61. The van der Waals surface area contributed by atoms with Crippen molar-refractivity contribution in [3.8, 4) is 0 Å². The average Bonchev–Trinajstić information content (AvgIpc) is 2.38. The van der Waals surface area contributed by atoms with Crippen molar-refractivity contribution in [2.45, 2.75) is 32.1 Å². The maximum Gasteiger partial charge on any atom is 0.0629 e. The van der Waals surface area contributed by atoms with Crippen LogP contribution >= 0.6 is 15.9 Å². The molecule has 0 spiro atoms. The van der Waals surface area contributed by atoms with Crippen LogP contribution < -0.4 is 0 Å². The molecule has 2 rings (SSSR count). The monoisotopic (exact) mass is 279 g/mol. The Hall–Kier alpha value is -0.630. The van der Waals surface area contributed by atoms with Gasteiger partial charge in [-0.3, -0.25) is 4.98 Å². The van der Waals surface area contributed by atoms with Gasteiger partial charge in [0.15, 0.2) is 0 Å². The van der Waals surface area contributed by atoms with E-state index in [1.165, 1.54) is 37.7 Å². The van der Waals surface area contributed by atoms with Crippen LogP contribution in [0.4, 0.5) is 0 Å². The minimum absolute atomic E-state index is 0.773. The fourth-order valence-corrected chi connectivity index (χ4v) is 3.01. The van der Waals surface area contributed by atoms with Crippen molar-refractivity contribution in [3.05, 3.63) is 35.7 Å². The van der Waals surface area contributed by atoms with Gasteiger partial charge in [-0.2, -0.15) is 0 Å². The maximum atomic E-state index is 4.36. The summed E-state index contributed by atoms with van der Waals surface area (Å²) in [6.45, 7) is 0. The Labute approximate surface area is 106 Å². The number of halogens is 1. The van der Waals surface area contributed by atoms with E-state index in [4.69, 9.17) is 0 Å². The van der Waals surface area contributed by atoms with Crippen LogP contribution in [0.15, 0.2) is 30.0 Å². The first-order valence-electron chi connectivity index (χ1n) is 6.07. The van der Waals surface area contributed by atoms with E-state index in [9.17, 15) is 0 Å². The van der Waals surface area contributed by atoms with Crippen molar-refractivity contribution < 1.29 is 0 Å². The Bertz CT molecular complexity index is 339. The van der Waals surface area contributed by atoms with Crippen molar-refractivity contribution in [1.82, 2.24) is 4.98 Å². The smallest absolute Gasteiger partial charge is 0.0629 e. The number of hydrogen-bond donors (Lipinski definition) is 0. The van der Waals surface area contributed by atoms with Crippen molar-refractivity contribution in [2.75, 3.05) is 5.33 Å². The molecule has 0 N–H and O–H groups in total. The molecule has 1 saturated carbocycles. The second-order valence-corrected chi connectivity index (χ2v) is 5.00. The van der Waals surface area contributed by atoms with Crippen LogP contribution in [0.1, 0.15) is 37.8 Å². The van der Waals surface area contributed by atoms with Crippen LogP contribution in [0.25, 0.3) is 6.08 Å². The molecule has 0 unspecified atom stereocenters. The van der Waals surface area contributed by atoms with Crippen LogP contribution in [-0.2, 0) is 0 Å². The molecule has 2 heteroatoms. The second-order valence-electron chi connectivity index (χ2n) is 4.44. The Morgan fingerprint density at radius 2 is 2.12 bits per heavy atom. The summed E-state index contributed by atoms with van der Waals surface area (Å²) in [6.07, 6.45) is 11.0. The van der Waals surface area contributed by atoms with Crippen molar-refractivity contribution in [1.29, 1.82) is 0 Å². The molecular formula is C14H18BrN.